The lowest BCUT2D eigenvalue weighted by Crippen LogP contribution is -2.28. The molecule has 2 heterocycles. The molecule has 0 spiro atoms. The Morgan fingerprint density at radius 1 is 0.882 bits per heavy atom. The van der Waals surface area contributed by atoms with Gasteiger partial charge in [0.15, 0.2) is 12.4 Å². The number of aromatic nitrogens is 2. The van der Waals surface area contributed by atoms with Crippen molar-refractivity contribution in [1.82, 2.24) is 4.98 Å². The third-order valence-corrected chi connectivity index (χ3v) is 1.68. The molecule has 2 rings (SSSR count). The Bertz CT molecular complexity index is 390. The number of halogens is 4. The third-order valence-electron chi connectivity index (χ3n) is 1.68. The molecule has 0 amide bonds. The molecular formula is C10H9BF4N2. The van der Waals surface area contributed by atoms with Gasteiger partial charge < -0.3 is 17.3 Å². The molecule has 0 aliphatic carbocycles. The van der Waals surface area contributed by atoms with E-state index in [2.05, 4.69) is 4.98 Å². The second-order valence-electron chi connectivity index (χ2n) is 2.98. The smallest absolute Gasteiger partial charge is 0.418 e. The normalized spacial score (nSPS) is 10.4. The minimum atomic E-state index is -6.00. The van der Waals surface area contributed by atoms with Crippen LogP contribution >= 0.6 is 0 Å². The first-order valence-electron chi connectivity index (χ1n) is 4.71. The summed E-state index contributed by atoms with van der Waals surface area (Å²) in [6, 6.07) is 9.94. The van der Waals surface area contributed by atoms with Crippen molar-refractivity contribution in [2.45, 2.75) is 0 Å². The van der Waals surface area contributed by atoms with Crippen molar-refractivity contribution in [2.75, 3.05) is 0 Å². The standard InChI is InChI=1S/C10H9N2.BF4/c1-2-8-12(9-3-1)10-4-6-11-7-5-10;2-1(3,4)5/h1-9H;/q+1;-1. The highest BCUT2D eigenvalue weighted by Gasteiger charge is 2.20. The number of rotatable bonds is 1. The number of hydrogen-bond donors (Lipinski definition) is 0. The van der Waals surface area contributed by atoms with Crippen LogP contribution in [0.3, 0.4) is 0 Å². The first-order chi connectivity index (χ1) is 7.97. The fourth-order valence-electron chi connectivity index (χ4n) is 1.09. The average molecular weight is 244 g/mol. The van der Waals surface area contributed by atoms with Crippen LogP contribution in [-0.4, -0.2) is 12.2 Å². The lowest BCUT2D eigenvalue weighted by Gasteiger charge is -1.94. The van der Waals surface area contributed by atoms with Gasteiger partial charge in [-0.15, -0.1) is 0 Å². The van der Waals surface area contributed by atoms with E-state index in [0.717, 1.165) is 5.69 Å². The van der Waals surface area contributed by atoms with Crippen LogP contribution in [-0.2, 0) is 0 Å². The second kappa shape index (κ2) is 5.98. The van der Waals surface area contributed by atoms with Gasteiger partial charge in [0.2, 0.25) is 5.69 Å². The molecule has 7 heteroatoms. The van der Waals surface area contributed by atoms with Gasteiger partial charge >= 0.3 is 7.25 Å². The summed E-state index contributed by atoms with van der Waals surface area (Å²) in [7, 11) is -6.00. The zero-order valence-electron chi connectivity index (χ0n) is 8.68. The van der Waals surface area contributed by atoms with E-state index < -0.39 is 7.25 Å². The van der Waals surface area contributed by atoms with Crippen LogP contribution in [0, 0.1) is 0 Å². The molecule has 0 aliphatic heterocycles. The summed E-state index contributed by atoms with van der Waals surface area (Å²) in [5, 5.41) is 0. The van der Waals surface area contributed by atoms with E-state index in [4.69, 9.17) is 0 Å². The highest BCUT2D eigenvalue weighted by atomic mass is 19.5. The molecule has 2 aromatic heterocycles. The summed E-state index contributed by atoms with van der Waals surface area (Å²) in [4.78, 5) is 3.96. The average Bonchev–Trinajstić information content (AvgIpc) is 2.29. The summed E-state index contributed by atoms with van der Waals surface area (Å²) >= 11 is 0. The van der Waals surface area contributed by atoms with Crippen LogP contribution in [0.1, 0.15) is 0 Å². The van der Waals surface area contributed by atoms with Gasteiger partial charge in [-0.05, 0) is 0 Å². The minimum Gasteiger partial charge on any atom is -0.418 e. The van der Waals surface area contributed by atoms with E-state index in [9.17, 15) is 17.3 Å². The van der Waals surface area contributed by atoms with Crippen molar-refractivity contribution in [2.24, 2.45) is 0 Å². The molecule has 2 nitrogen and oxygen atoms in total. The van der Waals surface area contributed by atoms with Crippen molar-refractivity contribution < 1.29 is 21.8 Å². The van der Waals surface area contributed by atoms with Crippen LogP contribution in [0.4, 0.5) is 17.3 Å². The first kappa shape index (κ1) is 13.2. The lowest BCUT2D eigenvalue weighted by molar-refractivity contribution is -0.595. The van der Waals surface area contributed by atoms with Crippen molar-refractivity contribution in [3.63, 3.8) is 0 Å². The summed E-state index contributed by atoms with van der Waals surface area (Å²) in [6.07, 6.45) is 7.59. The molecule has 0 saturated heterocycles. The van der Waals surface area contributed by atoms with Crippen molar-refractivity contribution in [3.8, 4) is 5.69 Å². The Morgan fingerprint density at radius 2 is 1.35 bits per heavy atom. The molecular weight excluding hydrogens is 235 g/mol. The van der Waals surface area contributed by atoms with E-state index in [1.807, 2.05) is 47.3 Å². The molecule has 0 aliphatic rings. The minimum absolute atomic E-state index is 1.13. The maximum Gasteiger partial charge on any atom is 0.673 e. The lowest BCUT2D eigenvalue weighted by atomic mass is 10.3. The predicted molar refractivity (Wildman–Crippen MR) is 56.0 cm³/mol. The Balaban J connectivity index is 0.000000249. The van der Waals surface area contributed by atoms with Gasteiger partial charge in [0.05, 0.1) is 0 Å². The quantitative estimate of drug-likeness (QED) is 0.428. The SMILES string of the molecule is F[B-](F)(F)F.c1cc[n+](-c2ccncc2)cc1. The molecule has 0 atom stereocenters. The van der Waals surface area contributed by atoms with Gasteiger partial charge in [-0.3, -0.25) is 4.98 Å². The van der Waals surface area contributed by atoms with Gasteiger partial charge in [-0.1, -0.05) is 6.07 Å². The Kier molecular flexibility index (Phi) is 4.62. The van der Waals surface area contributed by atoms with Gasteiger partial charge in [-0.2, -0.15) is 4.57 Å². The van der Waals surface area contributed by atoms with Gasteiger partial charge in [0.25, 0.3) is 0 Å². The Labute approximate surface area is 95.7 Å². The molecule has 0 saturated carbocycles. The molecule has 0 unspecified atom stereocenters. The van der Waals surface area contributed by atoms with E-state index in [0.29, 0.717) is 0 Å². The summed E-state index contributed by atoms with van der Waals surface area (Å²) in [6.45, 7) is 0. The van der Waals surface area contributed by atoms with E-state index in [-0.39, 0.29) is 0 Å². The van der Waals surface area contributed by atoms with E-state index >= 15 is 0 Å². The van der Waals surface area contributed by atoms with Crippen LogP contribution < -0.4 is 4.57 Å². The van der Waals surface area contributed by atoms with Crippen LogP contribution in [0.2, 0.25) is 0 Å². The first-order valence-corrected chi connectivity index (χ1v) is 4.71. The predicted octanol–water partition coefficient (Wildman–Crippen LogP) is 2.66. The van der Waals surface area contributed by atoms with Crippen molar-refractivity contribution in [1.29, 1.82) is 0 Å². The molecule has 0 N–H and O–H groups in total. The number of pyridine rings is 2. The zero-order valence-corrected chi connectivity index (χ0v) is 8.68. The molecule has 0 aromatic carbocycles. The topological polar surface area (TPSA) is 16.8 Å². The van der Waals surface area contributed by atoms with Crippen molar-refractivity contribution >= 4 is 7.25 Å². The molecule has 17 heavy (non-hydrogen) atoms. The monoisotopic (exact) mass is 244 g/mol. The van der Waals surface area contributed by atoms with Crippen molar-refractivity contribution in [3.05, 3.63) is 55.1 Å². The molecule has 2 aromatic rings. The zero-order chi connectivity index (χ0) is 12.7. The largest absolute Gasteiger partial charge is 0.673 e. The van der Waals surface area contributed by atoms with Crippen LogP contribution in [0.25, 0.3) is 5.69 Å². The van der Waals surface area contributed by atoms with E-state index in [1.165, 1.54) is 0 Å². The maximum atomic E-state index is 9.75. The van der Waals surface area contributed by atoms with Gasteiger partial charge in [0, 0.05) is 36.7 Å². The third kappa shape index (κ3) is 6.29. The molecule has 90 valence electrons. The highest BCUT2D eigenvalue weighted by molar-refractivity contribution is 6.50. The van der Waals surface area contributed by atoms with Gasteiger partial charge in [-0.25, -0.2) is 0 Å². The second-order valence-corrected chi connectivity index (χ2v) is 2.98. The highest BCUT2D eigenvalue weighted by Crippen LogP contribution is 2.06. The molecule has 0 bridgehead atoms. The van der Waals surface area contributed by atoms with Crippen LogP contribution in [0.15, 0.2) is 55.1 Å². The Hall–Kier alpha value is -1.92. The van der Waals surface area contributed by atoms with E-state index in [1.54, 1.807) is 12.4 Å². The molecule has 0 radical (unpaired) electrons. The number of nitrogens with zero attached hydrogens (tertiary/aromatic N) is 2. The summed E-state index contributed by atoms with van der Waals surface area (Å²) in [5.74, 6) is 0. The summed E-state index contributed by atoms with van der Waals surface area (Å²) < 4.78 is 41.0. The van der Waals surface area contributed by atoms with Crippen LogP contribution in [0.5, 0.6) is 0 Å². The number of hydrogen-bond acceptors (Lipinski definition) is 1. The fraction of sp³-hybridized carbons (Fsp3) is 0. The van der Waals surface area contributed by atoms with Gasteiger partial charge in [0.1, 0.15) is 0 Å². The fourth-order valence-corrected chi connectivity index (χ4v) is 1.09. The molecule has 0 fully saturated rings. The Morgan fingerprint density at radius 3 is 1.82 bits per heavy atom. The summed E-state index contributed by atoms with van der Waals surface area (Å²) in [5.41, 5.74) is 1.13. The maximum absolute atomic E-state index is 9.75.